The van der Waals surface area contributed by atoms with Crippen molar-refractivity contribution < 1.29 is 9.32 Å². The van der Waals surface area contributed by atoms with Gasteiger partial charge in [-0.3, -0.25) is 9.78 Å². The van der Waals surface area contributed by atoms with Gasteiger partial charge in [0.2, 0.25) is 0 Å². The lowest BCUT2D eigenvalue weighted by Crippen LogP contribution is -2.26. The van der Waals surface area contributed by atoms with Crippen LogP contribution in [0.3, 0.4) is 0 Å². The molecule has 0 atom stereocenters. The van der Waals surface area contributed by atoms with Gasteiger partial charge in [0.1, 0.15) is 17.0 Å². The highest BCUT2D eigenvalue weighted by Gasteiger charge is 2.21. The Bertz CT molecular complexity index is 783. The average molecular weight is 307 g/mol. The normalized spacial score (nSPS) is 10.5. The average Bonchev–Trinajstić information content (AvgIpc) is 2.98. The van der Waals surface area contributed by atoms with Gasteiger partial charge in [0, 0.05) is 12.7 Å². The Morgan fingerprint density at radius 1 is 1.13 bits per heavy atom. The molecule has 0 saturated heterocycles. The second-order valence-electron chi connectivity index (χ2n) is 5.17. The molecule has 0 unspecified atom stereocenters. The third-order valence-electron chi connectivity index (χ3n) is 3.54. The van der Waals surface area contributed by atoms with Crippen molar-refractivity contribution in [3.63, 3.8) is 0 Å². The van der Waals surface area contributed by atoms with Crippen molar-refractivity contribution >= 4 is 5.91 Å². The van der Waals surface area contributed by atoms with Crippen molar-refractivity contribution in [2.45, 2.75) is 13.3 Å². The summed E-state index contributed by atoms with van der Waals surface area (Å²) in [5.74, 6) is 0.295. The molecule has 0 aliphatic heterocycles. The van der Waals surface area contributed by atoms with Crippen LogP contribution in [0.15, 0.2) is 59.3 Å². The molecule has 1 aromatic carbocycles. The van der Waals surface area contributed by atoms with Crippen LogP contribution in [0.25, 0.3) is 11.4 Å². The highest BCUT2D eigenvalue weighted by molar-refractivity contribution is 6.00. The van der Waals surface area contributed by atoms with Crippen LogP contribution in [0.4, 0.5) is 0 Å². The van der Waals surface area contributed by atoms with Gasteiger partial charge in [0.25, 0.3) is 5.91 Å². The Morgan fingerprint density at radius 3 is 2.65 bits per heavy atom. The van der Waals surface area contributed by atoms with Gasteiger partial charge >= 0.3 is 0 Å². The second-order valence-corrected chi connectivity index (χ2v) is 5.17. The summed E-state index contributed by atoms with van der Waals surface area (Å²) in [5.41, 5.74) is 2.72. The topological polar surface area (TPSA) is 68.0 Å². The van der Waals surface area contributed by atoms with E-state index < -0.39 is 0 Å². The predicted octanol–water partition coefficient (Wildman–Crippen LogP) is 3.02. The van der Waals surface area contributed by atoms with E-state index in [4.69, 9.17) is 4.52 Å². The lowest BCUT2D eigenvalue weighted by molar-refractivity contribution is 0.0953. The van der Waals surface area contributed by atoms with Crippen LogP contribution in [-0.2, 0) is 6.42 Å². The highest BCUT2D eigenvalue weighted by Crippen LogP contribution is 2.23. The number of amides is 1. The fourth-order valence-electron chi connectivity index (χ4n) is 2.37. The maximum atomic E-state index is 12.5. The zero-order chi connectivity index (χ0) is 16.1. The van der Waals surface area contributed by atoms with E-state index in [0.717, 1.165) is 6.42 Å². The number of nitrogens with zero attached hydrogens (tertiary/aromatic N) is 2. The maximum absolute atomic E-state index is 12.5. The highest BCUT2D eigenvalue weighted by atomic mass is 16.5. The van der Waals surface area contributed by atoms with Crippen LogP contribution in [0.5, 0.6) is 0 Å². The molecule has 3 rings (SSSR count). The SMILES string of the molecule is Cc1onc(-c2ccccn2)c1C(=O)NCCc1ccccc1. The fraction of sp³-hybridized carbons (Fsp3) is 0.167. The monoisotopic (exact) mass is 307 g/mol. The molecule has 0 aliphatic rings. The molecule has 0 saturated carbocycles. The number of aromatic nitrogens is 2. The van der Waals surface area contributed by atoms with E-state index in [1.807, 2.05) is 42.5 Å². The van der Waals surface area contributed by atoms with E-state index in [1.54, 1.807) is 19.2 Å². The third-order valence-corrected chi connectivity index (χ3v) is 3.54. The molecule has 0 fully saturated rings. The van der Waals surface area contributed by atoms with Gasteiger partial charge in [-0.15, -0.1) is 0 Å². The Labute approximate surface area is 134 Å². The first kappa shape index (κ1) is 15.0. The summed E-state index contributed by atoms with van der Waals surface area (Å²) >= 11 is 0. The Kier molecular flexibility index (Phi) is 4.47. The Hall–Kier alpha value is -2.95. The van der Waals surface area contributed by atoms with Crippen LogP contribution in [0.1, 0.15) is 21.7 Å². The minimum absolute atomic E-state index is 0.194. The molecule has 2 aromatic heterocycles. The first-order valence-corrected chi connectivity index (χ1v) is 7.45. The number of pyridine rings is 1. The van der Waals surface area contributed by atoms with E-state index in [-0.39, 0.29) is 5.91 Å². The van der Waals surface area contributed by atoms with Crippen molar-refractivity contribution in [3.8, 4) is 11.4 Å². The van der Waals surface area contributed by atoms with Gasteiger partial charge in [-0.25, -0.2) is 0 Å². The van der Waals surface area contributed by atoms with Crippen molar-refractivity contribution in [1.82, 2.24) is 15.5 Å². The van der Waals surface area contributed by atoms with E-state index in [1.165, 1.54) is 5.56 Å². The minimum Gasteiger partial charge on any atom is -0.360 e. The van der Waals surface area contributed by atoms with Crippen LogP contribution in [-0.4, -0.2) is 22.6 Å². The number of benzene rings is 1. The van der Waals surface area contributed by atoms with E-state index >= 15 is 0 Å². The van der Waals surface area contributed by atoms with Crippen molar-refractivity contribution in [2.24, 2.45) is 0 Å². The van der Waals surface area contributed by atoms with Crippen LogP contribution in [0.2, 0.25) is 0 Å². The molecule has 23 heavy (non-hydrogen) atoms. The third kappa shape index (κ3) is 3.45. The minimum atomic E-state index is -0.194. The standard InChI is InChI=1S/C18H17N3O2/c1-13-16(17(21-23-13)15-9-5-6-11-19-15)18(22)20-12-10-14-7-3-2-4-8-14/h2-9,11H,10,12H2,1H3,(H,20,22). The van der Waals surface area contributed by atoms with Gasteiger partial charge in [-0.2, -0.15) is 0 Å². The molecule has 0 aliphatic carbocycles. The molecule has 0 spiro atoms. The smallest absolute Gasteiger partial charge is 0.257 e. The number of hydrogen-bond donors (Lipinski definition) is 1. The maximum Gasteiger partial charge on any atom is 0.257 e. The molecule has 1 N–H and O–H groups in total. The number of hydrogen-bond acceptors (Lipinski definition) is 4. The van der Waals surface area contributed by atoms with Gasteiger partial charge in [0.15, 0.2) is 0 Å². The number of carbonyl (C=O) groups is 1. The Morgan fingerprint density at radius 2 is 1.91 bits per heavy atom. The van der Waals surface area contributed by atoms with Crippen molar-refractivity contribution in [1.29, 1.82) is 0 Å². The lowest BCUT2D eigenvalue weighted by atomic mass is 10.1. The first-order chi connectivity index (χ1) is 11.3. The van der Waals surface area contributed by atoms with E-state index in [9.17, 15) is 4.79 Å². The molecule has 5 nitrogen and oxygen atoms in total. The lowest BCUT2D eigenvalue weighted by Gasteiger charge is -2.05. The van der Waals surface area contributed by atoms with E-state index in [0.29, 0.717) is 29.3 Å². The van der Waals surface area contributed by atoms with Crippen molar-refractivity contribution in [3.05, 3.63) is 71.6 Å². The molecule has 1 amide bonds. The molecule has 0 bridgehead atoms. The Balaban J connectivity index is 1.71. The molecule has 116 valence electrons. The summed E-state index contributed by atoms with van der Waals surface area (Å²) in [6, 6.07) is 15.5. The number of nitrogens with one attached hydrogen (secondary N) is 1. The zero-order valence-corrected chi connectivity index (χ0v) is 12.8. The largest absolute Gasteiger partial charge is 0.360 e. The summed E-state index contributed by atoms with van der Waals surface area (Å²) in [5, 5.41) is 6.89. The molecular formula is C18H17N3O2. The van der Waals surface area contributed by atoms with Gasteiger partial charge in [-0.05, 0) is 31.0 Å². The quantitative estimate of drug-likeness (QED) is 0.786. The molecular weight excluding hydrogens is 290 g/mol. The van der Waals surface area contributed by atoms with Gasteiger partial charge in [-0.1, -0.05) is 41.6 Å². The van der Waals surface area contributed by atoms with Crippen LogP contribution < -0.4 is 5.32 Å². The van der Waals surface area contributed by atoms with Gasteiger partial charge in [0.05, 0.1) is 5.69 Å². The summed E-state index contributed by atoms with van der Waals surface area (Å²) in [6.07, 6.45) is 2.44. The fourth-order valence-corrected chi connectivity index (χ4v) is 2.37. The molecule has 5 heteroatoms. The van der Waals surface area contributed by atoms with Gasteiger partial charge < -0.3 is 9.84 Å². The van der Waals surface area contributed by atoms with Crippen LogP contribution >= 0.6 is 0 Å². The number of rotatable bonds is 5. The number of aryl methyl sites for hydroxylation is 1. The zero-order valence-electron chi connectivity index (χ0n) is 12.8. The first-order valence-electron chi connectivity index (χ1n) is 7.45. The second kappa shape index (κ2) is 6.87. The summed E-state index contributed by atoms with van der Waals surface area (Å²) in [4.78, 5) is 16.7. The van der Waals surface area contributed by atoms with Crippen molar-refractivity contribution in [2.75, 3.05) is 6.54 Å². The molecule has 2 heterocycles. The van der Waals surface area contributed by atoms with E-state index in [2.05, 4.69) is 15.5 Å². The predicted molar refractivity (Wildman–Crippen MR) is 87.0 cm³/mol. The summed E-state index contributed by atoms with van der Waals surface area (Å²) in [7, 11) is 0. The van der Waals surface area contributed by atoms with Crippen LogP contribution in [0, 0.1) is 6.92 Å². The summed E-state index contributed by atoms with van der Waals surface area (Å²) in [6.45, 7) is 2.28. The molecule has 3 aromatic rings. The summed E-state index contributed by atoms with van der Waals surface area (Å²) < 4.78 is 5.18. The molecule has 0 radical (unpaired) electrons. The number of carbonyl (C=O) groups excluding carboxylic acids is 1.